The van der Waals surface area contributed by atoms with Crippen molar-refractivity contribution in [3.63, 3.8) is 0 Å². The molecule has 0 spiro atoms. The Morgan fingerprint density at radius 1 is 1.39 bits per heavy atom. The summed E-state index contributed by atoms with van der Waals surface area (Å²) in [5.41, 5.74) is -0.898. The van der Waals surface area contributed by atoms with Gasteiger partial charge >= 0.3 is 12.1 Å². The minimum Gasteiger partial charge on any atom is -0.492 e. The number of para-hydroxylation sites is 1. The first-order valence-electron chi connectivity index (χ1n) is 5.38. The number of halogens is 3. The number of benzene rings is 1. The Morgan fingerprint density at radius 2 is 2.00 bits per heavy atom. The minimum absolute atomic E-state index is 0.279. The maximum Gasteiger partial charge on any atom is 0.419 e. The molecule has 0 bridgehead atoms. The molecule has 6 heteroatoms. The number of hydrogen-bond donors (Lipinski definition) is 1. The molecule has 1 N–H and O–H groups in total. The molecule has 0 aliphatic heterocycles. The van der Waals surface area contributed by atoms with E-state index in [-0.39, 0.29) is 12.4 Å². The van der Waals surface area contributed by atoms with Crippen molar-refractivity contribution < 1.29 is 27.8 Å². The van der Waals surface area contributed by atoms with E-state index in [4.69, 9.17) is 9.84 Å². The molecular weight excluding hydrogens is 249 g/mol. The normalized spacial score (nSPS) is 13.1. The van der Waals surface area contributed by atoms with Crippen LogP contribution in [0, 0.1) is 5.92 Å². The molecule has 1 aromatic rings. The first-order valence-corrected chi connectivity index (χ1v) is 5.38. The maximum atomic E-state index is 12.6. The molecule has 0 saturated heterocycles. The number of aliphatic carboxylic acids is 1. The zero-order valence-corrected chi connectivity index (χ0v) is 9.70. The molecule has 0 radical (unpaired) electrons. The Kier molecular flexibility index (Phi) is 4.58. The number of hydrogen-bond acceptors (Lipinski definition) is 2. The van der Waals surface area contributed by atoms with Crippen LogP contribution in [0.25, 0.3) is 0 Å². The van der Waals surface area contributed by atoms with Gasteiger partial charge in [-0.1, -0.05) is 19.1 Å². The number of alkyl halides is 3. The van der Waals surface area contributed by atoms with E-state index in [1.165, 1.54) is 18.2 Å². The van der Waals surface area contributed by atoms with Gasteiger partial charge in [0.25, 0.3) is 0 Å². The lowest BCUT2D eigenvalue weighted by Gasteiger charge is -2.16. The van der Waals surface area contributed by atoms with Crippen molar-refractivity contribution in [2.24, 2.45) is 5.92 Å². The molecule has 1 aromatic carbocycles. The summed E-state index contributed by atoms with van der Waals surface area (Å²) in [4.78, 5) is 10.7. The average Bonchev–Trinajstić information content (AvgIpc) is 2.28. The standard InChI is InChI=1S/C12H13F3O3/c1-2-8(11(16)17)7-18-10-6-4-3-5-9(10)12(13,14)15/h3-6,8H,2,7H2,1H3,(H,16,17). The molecule has 0 aliphatic carbocycles. The molecule has 1 rings (SSSR count). The summed E-state index contributed by atoms with van der Waals surface area (Å²) in [6, 6.07) is 4.74. The van der Waals surface area contributed by atoms with Gasteiger partial charge in [0.05, 0.1) is 11.5 Å². The van der Waals surface area contributed by atoms with Crippen molar-refractivity contribution in [3.05, 3.63) is 29.8 Å². The van der Waals surface area contributed by atoms with Crippen LogP contribution in [0.15, 0.2) is 24.3 Å². The fourth-order valence-corrected chi connectivity index (χ4v) is 1.38. The molecule has 0 amide bonds. The minimum atomic E-state index is -4.51. The third kappa shape index (κ3) is 3.65. The predicted octanol–water partition coefficient (Wildman–Crippen LogP) is 3.20. The fraction of sp³-hybridized carbons (Fsp3) is 0.417. The summed E-state index contributed by atoms with van der Waals surface area (Å²) in [6.45, 7) is 1.36. The summed E-state index contributed by atoms with van der Waals surface area (Å²) < 4.78 is 42.8. The number of carbonyl (C=O) groups is 1. The van der Waals surface area contributed by atoms with Crippen LogP contribution < -0.4 is 4.74 Å². The molecule has 0 fully saturated rings. The van der Waals surface area contributed by atoms with Gasteiger partial charge in [0, 0.05) is 0 Å². The molecular formula is C12H13F3O3. The second-order valence-electron chi connectivity index (χ2n) is 3.75. The Balaban J connectivity index is 2.82. The van der Waals surface area contributed by atoms with E-state index < -0.39 is 23.6 Å². The van der Waals surface area contributed by atoms with Crippen LogP contribution in [0.4, 0.5) is 13.2 Å². The van der Waals surface area contributed by atoms with Gasteiger partial charge in [0.2, 0.25) is 0 Å². The van der Waals surface area contributed by atoms with Crippen molar-refractivity contribution in [2.75, 3.05) is 6.61 Å². The van der Waals surface area contributed by atoms with Gasteiger partial charge in [-0.2, -0.15) is 13.2 Å². The molecule has 1 unspecified atom stereocenters. The summed E-state index contributed by atoms with van der Waals surface area (Å²) in [6.07, 6.45) is -4.22. The SMILES string of the molecule is CCC(COc1ccccc1C(F)(F)F)C(=O)O. The second-order valence-corrected chi connectivity index (χ2v) is 3.75. The van der Waals surface area contributed by atoms with E-state index in [0.717, 1.165) is 6.07 Å². The largest absolute Gasteiger partial charge is 0.492 e. The fourth-order valence-electron chi connectivity index (χ4n) is 1.38. The van der Waals surface area contributed by atoms with Crippen LogP contribution in [0.5, 0.6) is 5.75 Å². The number of ether oxygens (including phenoxy) is 1. The van der Waals surface area contributed by atoms with Crippen molar-refractivity contribution in [1.29, 1.82) is 0 Å². The first kappa shape index (κ1) is 14.3. The predicted molar refractivity (Wildman–Crippen MR) is 58.4 cm³/mol. The highest BCUT2D eigenvalue weighted by atomic mass is 19.4. The van der Waals surface area contributed by atoms with Crippen molar-refractivity contribution >= 4 is 5.97 Å². The zero-order valence-electron chi connectivity index (χ0n) is 9.70. The van der Waals surface area contributed by atoms with Crippen LogP contribution in [0.3, 0.4) is 0 Å². The Morgan fingerprint density at radius 3 is 2.50 bits per heavy atom. The number of carboxylic acids is 1. The molecule has 18 heavy (non-hydrogen) atoms. The molecule has 0 saturated carbocycles. The highest BCUT2D eigenvalue weighted by Gasteiger charge is 2.34. The number of rotatable bonds is 5. The van der Waals surface area contributed by atoms with Gasteiger partial charge in [-0.25, -0.2) is 0 Å². The Hall–Kier alpha value is -1.72. The van der Waals surface area contributed by atoms with Crippen LogP contribution in [-0.2, 0) is 11.0 Å². The van der Waals surface area contributed by atoms with Crippen molar-refractivity contribution in [2.45, 2.75) is 19.5 Å². The highest BCUT2D eigenvalue weighted by Crippen LogP contribution is 2.36. The van der Waals surface area contributed by atoms with Crippen LogP contribution >= 0.6 is 0 Å². The van der Waals surface area contributed by atoms with E-state index in [2.05, 4.69) is 0 Å². The lowest BCUT2D eigenvalue weighted by molar-refractivity contribution is -0.143. The van der Waals surface area contributed by atoms with Crippen molar-refractivity contribution in [1.82, 2.24) is 0 Å². The van der Waals surface area contributed by atoms with Gasteiger partial charge in [0.1, 0.15) is 12.4 Å². The molecule has 1 atom stereocenters. The molecule has 100 valence electrons. The van der Waals surface area contributed by atoms with Crippen LogP contribution in [-0.4, -0.2) is 17.7 Å². The smallest absolute Gasteiger partial charge is 0.419 e. The van der Waals surface area contributed by atoms with Gasteiger partial charge in [-0.3, -0.25) is 4.79 Å². The molecule has 0 aromatic heterocycles. The second kappa shape index (κ2) is 5.75. The van der Waals surface area contributed by atoms with Crippen LogP contribution in [0.1, 0.15) is 18.9 Å². The number of carboxylic acid groups (broad SMARTS) is 1. The van der Waals surface area contributed by atoms with E-state index in [1.807, 2.05) is 0 Å². The topological polar surface area (TPSA) is 46.5 Å². The molecule has 3 nitrogen and oxygen atoms in total. The van der Waals surface area contributed by atoms with Gasteiger partial charge in [0.15, 0.2) is 0 Å². The van der Waals surface area contributed by atoms with Gasteiger partial charge in [-0.05, 0) is 18.6 Å². The first-order chi connectivity index (χ1) is 8.36. The van der Waals surface area contributed by atoms with E-state index in [0.29, 0.717) is 6.42 Å². The highest BCUT2D eigenvalue weighted by molar-refractivity contribution is 5.70. The maximum absolute atomic E-state index is 12.6. The van der Waals surface area contributed by atoms with Crippen LogP contribution in [0.2, 0.25) is 0 Å². The summed E-state index contributed by atoms with van der Waals surface area (Å²) in [5.74, 6) is -2.24. The van der Waals surface area contributed by atoms with E-state index in [9.17, 15) is 18.0 Å². The van der Waals surface area contributed by atoms with Gasteiger partial charge in [-0.15, -0.1) is 0 Å². The third-order valence-corrected chi connectivity index (χ3v) is 2.47. The zero-order chi connectivity index (χ0) is 13.8. The quantitative estimate of drug-likeness (QED) is 0.886. The molecule has 0 heterocycles. The summed E-state index contributed by atoms with van der Waals surface area (Å²) in [7, 11) is 0. The van der Waals surface area contributed by atoms with E-state index >= 15 is 0 Å². The average molecular weight is 262 g/mol. The summed E-state index contributed by atoms with van der Waals surface area (Å²) >= 11 is 0. The summed E-state index contributed by atoms with van der Waals surface area (Å²) in [5, 5.41) is 8.78. The van der Waals surface area contributed by atoms with Gasteiger partial charge < -0.3 is 9.84 Å². The van der Waals surface area contributed by atoms with E-state index in [1.54, 1.807) is 6.92 Å². The lowest BCUT2D eigenvalue weighted by atomic mass is 10.1. The Bertz CT molecular complexity index is 415. The monoisotopic (exact) mass is 262 g/mol. The Labute approximate surface area is 102 Å². The molecule has 0 aliphatic rings. The van der Waals surface area contributed by atoms with Crippen molar-refractivity contribution in [3.8, 4) is 5.75 Å². The lowest BCUT2D eigenvalue weighted by Crippen LogP contribution is -2.21. The third-order valence-electron chi connectivity index (χ3n) is 2.47.